The first kappa shape index (κ1) is 13.4. The highest BCUT2D eigenvalue weighted by Gasteiger charge is 2.06. The van der Waals surface area contributed by atoms with E-state index in [9.17, 15) is 0 Å². The van der Waals surface area contributed by atoms with Crippen molar-refractivity contribution in [3.63, 3.8) is 0 Å². The molecule has 0 saturated heterocycles. The summed E-state index contributed by atoms with van der Waals surface area (Å²) < 4.78 is 6.66. The molecule has 0 radical (unpaired) electrons. The average Bonchev–Trinajstić information content (AvgIpc) is 2.35. The van der Waals surface area contributed by atoms with Crippen molar-refractivity contribution >= 4 is 27.5 Å². The lowest BCUT2D eigenvalue weighted by Crippen LogP contribution is -2.02. The minimum atomic E-state index is 0.593. The Labute approximate surface area is 120 Å². The fraction of sp³-hybridized carbons (Fsp3) is 0.143. The number of para-hydroxylation sites is 1. The minimum Gasteiger partial charge on any atom is -0.455 e. The second-order valence-electron chi connectivity index (χ2n) is 3.84. The molecule has 4 heteroatoms. The smallest absolute Gasteiger partial charge is 0.146 e. The van der Waals surface area contributed by atoms with E-state index in [4.69, 9.17) is 22.1 Å². The van der Waals surface area contributed by atoms with Gasteiger partial charge in [-0.05, 0) is 58.7 Å². The van der Waals surface area contributed by atoms with Gasteiger partial charge in [0.1, 0.15) is 11.5 Å². The van der Waals surface area contributed by atoms with Crippen LogP contribution in [-0.2, 0) is 6.42 Å². The monoisotopic (exact) mass is 325 g/mol. The molecule has 0 fully saturated rings. The largest absolute Gasteiger partial charge is 0.455 e. The Morgan fingerprint density at radius 1 is 1.11 bits per heavy atom. The van der Waals surface area contributed by atoms with Crippen LogP contribution >= 0.6 is 27.5 Å². The van der Waals surface area contributed by atoms with Gasteiger partial charge >= 0.3 is 0 Å². The summed E-state index contributed by atoms with van der Waals surface area (Å²) in [5, 5.41) is 0.593. The average molecular weight is 327 g/mol. The maximum Gasteiger partial charge on any atom is 0.146 e. The van der Waals surface area contributed by atoms with Gasteiger partial charge in [-0.1, -0.05) is 29.8 Å². The van der Waals surface area contributed by atoms with E-state index in [2.05, 4.69) is 15.9 Å². The molecule has 0 atom stereocenters. The Kier molecular flexibility index (Phi) is 4.64. The van der Waals surface area contributed by atoms with Crippen molar-refractivity contribution in [3.8, 4) is 11.5 Å². The summed E-state index contributed by atoms with van der Waals surface area (Å²) >= 11 is 9.54. The molecule has 2 nitrogen and oxygen atoms in total. The molecule has 0 bridgehead atoms. The Bertz CT molecular complexity index is 545. The van der Waals surface area contributed by atoms with Crippen LogP contribution in [0.2, 0.25) is 5.02 Å². The van der Waals surface area contributed by atoms with Crippen LogP contribution in [0.15, 0.2) is 46.9 Å². The molecule has 2 aromatic carbocycles. The molecule has 0 unspecified atom stereocenters. The van der Waals surface area contributed by atoms with Crippen LogP contribution in [0.1, 0.15) is 5.56 Å². The first-order valence-corrected chi connectivity index (χ1v) is 6.78. The van der Waals surface area contributed by atoms with Gasteiger partial charge in [0.2, 0.25) is 0 Å². The molecule has 0 amide bonds. The SMILES string of the molecule is NCCc1ccc(Oc2ccccc2Cl)c(Br)c1. The van der Waals surface area contributed by atoms with Crippen molar-refractivity contribution in [2.45, 2.75) is 6.42 Å². The van der Waals surface area contributed by atoms with E-state index in [1.54, 1.807) is 6.07 Å². The molecule has 0 heterocycles. The molecule has 0 aromatic heterocycles. The fourth-order valence-electron chi connectivity index (χ4n) is 1.60. The molecule has 94 valence electrons. The second-order valence-corrected chi connectivity index (χ2v) is 5.10. The summed E-state index contributed by atoms with van der Waals surface area (Å²) in [4.78, 5) is 0. The van der Waals surface area contributed by atoms with Gasteiger partial charge in [-0.2, -0.15) is 0 Å². The molecule has 0 aliphatic carbocycles. The third kappa shape index (κ3) is 3.25. The van der Waals surface area contributed by atoms with Crippen molar-refractivity contribution in [2.24, 2.45) is 5.73 Å². The predicted molar refractivity (Wildman–Crippen MR) is 78.4 cm³/mol. The Balaban J connectivity index is 2.22. The second kappa shape index (κ2) is 6.23. The highest BCUT2D eigenvalue weighted by Crippen LogP contribution is 2.33. The van der Waals surface area contributed by atoms with Gasteiger partial charge in [0.05, 0.1) is 9.50 Å². The Morgan fingerprint density at radius 2 is 1.89 bits per heavy atom. The summed E-state index contributed by atoms with van der Waals surface area (Å²) in [5.74, 6) is 1.38. The molecule has 0 aliphatic rings. The van der Waals surface area contributed by atoms with Crippen LogP contribution in [0, 0.1) is 0 Å². The van der Waals surface area contributed by atoms with Crippen molar-refractivity contribution in [1.29, 1.82) is 0 Å². The third-order valence-corrected chi connectivity index (χ3v) is 3.42. The molecule has 2 rings (SSSR count). The van der Waals surface area contributed by atoms with Crippen molar-refractivity contribution in [3.05, 3.63) is 57.5 Å². The normalized spacial score (nSPS) is 10.4. The molecule has 0 spiro atoms. The topological polar surface area (TPSA) is 35.2 Å². The van der Waals surface area contributed by atoms with E-state index < -0.39 is 0 Å². The summed E-state index contributed by atoms with van der Waals surface area (Å²) in [6, 6.07) is 13.3. The number of hydrogen-bond donors (Lipinski definition) is 1. The van der Waals surface area contributed by atoms with Crippen LogP contribution in [0.4, 0.5) is 0 Å². The van der Waals surface area contributed by atoms with E-state index in [1.165, 1.54) is 5.56 Å². The quantitative estimate of drug-likeness (QED) is 0.904. The molecule has 2 N–H and O–H groups in total. The lowest BCUT2D eigenvalue weighted by molar-refractivity contribution is 0.479. The van der Waals surface area contributed by atoms with E-state index in [-0.39, 0.29) is 0 Å². The summed E-state index contributed by atoms with van der Waals surface area (Å²) in [7, 11) is 0. The minimum absolute atomic E-state index is 0.593. The highest BCUT2D eigenvalue weighted by atomic mass is 79.9. The summed E-state index contributed by atoms with van der Waals surface area (Å²) in [6.45, 7) is 0.636. The van der Waals surface area contributed by atoms with Gasteiger partial charge < -0.3 is 10.5 Å². The third-order valence-electron chi connectivity index (χ3n) is 2.49. The van der Waals surface area contributed by atoms with Gasteiger partial charge in [-0.3, -0.25) is 0 Å². The van der Waals surface area contributed by atoms with Crippen molar-refractivity contribution in [1.82, 2.24) is 0 Å². The van der Waals surface area contributed by atoms with E-state index in [1.807, 2.05) is 36.4 Å². The first-order valence-electron chi connectivity index (χ1n) is 5.61. The molecular weight excluding hydrogens is 314 g/mol. The van der Waals surface area contributed by atoms with Gasteiger partial charge in [0, 0.05) is 0 Å². The number of rotatable bonds is 4. The standard InChI is InChI=1S/C14H13BrClNO/c15-11-9-10(7-8-17)5-6-13(11)18-14-4-2-1-3-12(14)16/h1-6,9H,7-8,17H2. The zero-order valence-electron chi connectivity index (χ0n) is 9.70. The van der Waals surface area contributed by atoms with Crippen LogP contribution in [-0.4, -0.2) is 6.54 Å². The van der Waals surface area contributed by atoms with Crippen LogP contribution in [0.25, 0.3) is 0 Å². The maximum absolute atomic E-state index is 6.05. The van der Waals surface area contributed by atoms with Crippen LogP contribution in [0.5, 0.6) is 11.5 Å². The molecule has 2 aromatic rings. The molecular formula is C14H13BrClNO. The predicted octanol–water partition coefficient (Wildman–Crippen LogP) is 4.40. The molecule has 18 heavy (non-hydrogen) atoms. The fourth-order valence-corrected chi connectivity index (χ4v) is 2.28. The highest BCUT2D eigenvalue weighted by molar-refractivity contribution is 9.10. The van der Waals surface area contributed by atoms with Crippen LogP contribution in [0.3, 0.4) is 0 Å². The molecule has 0 aliphatic heterocycles. The number of ether oxygens (including phenoxy) is 1. The Hall–Kier alpha value is -1.03. The zero-order chi connectivity index (χ0) is 13.0. The zero-order valence-corrected chi connectivity index (χ0v) is 12.0. The number of hydrogen-bond acceptors (Lipinski definition) is 2. The summed E-state index contributed by atoms with van der Waals surface area (Å²) in [6.07, 6.45) is 0.852. The number of halogens is 2. The Morgan fingerprint density at radius 3 is 2.56 bits per heavy atom. The number of nitrogens with two attached hydrogens (primary N) is 1. The molecule has 0 saturated carbocycles. The van der Waals surface area contributed by atoms with E-state index in [0.717, 1.165) is 16.6 Å². The lowest BCUT2D eigenvalue weighted by Gasteiger charge is -2.10. The van der Waals surface area contributed by atoms with Gasteiger partial charge in [0.15, 0.2) is 0 Å². The van der Waals surface area contributed by atoms with Gasteiger partial charge in [0.25, 0.3) is 0 Å². The maximum atomic E-state index is 6.05. The van der Waals surface area contributed by atoms with Crippen molar-refractivity contribution in [2.75, 3.05) is 6.54 Å². The van der Waals surface area contributed by atoms with Crippen LogP contribution < -0.4 is 10.5 Å². The lowest BCUT2D eigenvalue weighted by atomic mass is 10.1. The van der Waals surface area contributed by atoms with E-state index >= 15 is 0 Å². The van der Waals surface area contributed by atoms with Gasteiger partial charge in [-0.15, -0.1) is 0 Å². The summed E-state index contributed by atoms with van der Waals surface area (Å²) in [5.41, 5.74) is 6.70. The van der Waals surface area contributed by atoms with Gasteiger partial charge in [-0.25, -0.2) is 0 Å². The van der Waals surface area contributed by atoms with E-state index in [0.29, 0.717) is 17.3 Å². The van der Waals surface area contributed by atoms with Crippen molar-refractivity contribution < 1.29 is 4.74 Å². The first-order chi connectivity index (χ1) is 8.70. The number of benzene rings is 2.